The van der Waals surface area contributed by atoms with Gasteiger partial charge in [0.05, 0.1) is 5.69 Å². The summed E-state index contributed by atoms with van der Waals surface area (Å²) in [5.41, 5.74) is 2.59. The van der Waals surface area contributed by atoms with Gasteiger partial charge in [-0.2, -0.15) is 4.98 Å². The Morgan fingerprint density at radius 1 is 1.19 bits per heavy atom. The van der Waals surface area contributed by atoms with Crippen LogP contribution in [0.5, 0.6) is 0 Å². The topological polar surface area (TPSA) is 85.1 Å². The molecule has 0 saturated heterocycles. The van der Waals surface area contributed by atoms with Gasteiger partial charge in [0.15, 0.2) is 5.13 Å². The minimum Gasteiger partial charge on any atom is -0.481 e. The lowest BCUT2D eigenvalue weighted by Crippen LogP contribution is -2.26. The lowest BCUT2D eigenvalue weighted by Gasteiger charge is -2.12. The van der Waals surface area contributed by atoms with E-state index in [1.165, 1.54) is 15.9 Å². The van der Waals surface area contributed by atoms with Gasteiger partial charge >= 0.3 is 11.7 Å². The van der Waals surface area contributed by atoms with E-state index in [0.717, 1.165) is 16.1 Å². The molecule has 0 atom stereocenters. The molecule has 0 aliphatic carbocycles. The van der Waals surface area contributed by atoms with Gasteiger partial charge in [-0.25, -0.2) is 14.3 Å². The maximum atomic E-state index is 12.2. The Hall–Kier alpha value is -2.02. The van der Waals surface area contributed by atoms with Gasteiger partial charge < -0.3 is 5.11 Å². The summed E-state index contributed by atoms with van der Waals surface area (Å²) in [4.78, 5) is 32.4. The predicted octanol–water partition coefficient (Wildman–Crippen LogP) is 1.94. The summed E-state index contributed by atoms with van der Waals surface area (Å²) in [5.74, 6) is -0.868. The highest BCUT2D eigenvalue weighted by Gasteiger charge is 2.16. The standard InChI is InChI=1S/C14H17N3O3S/c1-7-10(4)21-14(16-7)17-9(3)11(5-6-12(18)19)8(2)15-13(17)20/h5-6H2,1-4H3,(H,18,19). The number of hydrogen-bond acceptors (Lipinski definition) is 5. The zero-order valence-electron chi connectivity index (χ0n) is 12.4. The molecule has 0 spiro atoms. The molecule has 2 aromatic rings. The minimum atomic E-state index is -0.868. The second-order valence-electron chi connectivity index (χ2n) is 4.91. The lowest BCUT2D eigenvalue weighted by atomic mass is 10.1. The third-order valence-electron chi connectivity index (χ3n) is 3.46. The van der Waals surface area contributed by atoms with E-state index in [0.29, 0.717) is 22.9 Å². The third-order valence-corrected chi connectivity index (χ3v) is 4.52. The Bertz CT molecular complexity index is 742. The molecular weight excluding hydrogens is 290 g/mol. The Labute approximate surface area is 126 Å². The average Bonchev–Trinajstić information content (AvgIpc) is 2.67. The van der Waals surface area contributed by atoms with Crippen LogP contribution in [0, 0.1) is 27.7 Å². The van der Waals surface area contributed by atoms with Crippen molar-refractivity contribution in [2.45, 2.75) is 40.5 Å². The Morgan fingerprint density at radius 2 is 1.86 bits per heavy atom. The number of rotatable bonds is 4. The zero-order chi connectivity index (χ0) is 15.7. The summed E-state index contributed by atoms with van der Waals surface area (Å²) in [6.07, 6.45) is 0.362. The Kier molecular flexibility index (Phi) is 4.22. The first-order chi connectivity index (χ1) is 9.81. The van der Waals surface area contributed by atoms with Crippen LogP contribution in [0.15, 0.2) is 4.79 Å². The first-order valence-corrected chi connectivity index (χ1v) is 7.38. The summed E-state index contributed by atoms with van der Waals surface area (Å²) >= 11 is 1.43. The Morgan fingerprint density at radius 3 is 2.38 bits per heavy atom. The monoisotopic (exact) mass is 307 g/mol. The summed E-state index contributed by atoms with van der Waals surface area (Å²) in [7, 11) is 0. The Balaban J connectivity index is 2.58. The van der Waals surface area contributed by atoms with Crippen LogP contribution in [-0.4, -0.2) is 25.6 Å². The number of carboxylic acids is 1. The molecule has 0 saturated carbocycles. The predicted molar refractivity (Wildman–Crippen MR) is 80.4 cm³/mol. The number of hydrogen-bond donors (Lipinski definition) is 1. The van der Waals surface area contributed by atoms with E-state index in [9.17, 15) is 9.59 Å². The number of carbonyl (C=O) groups is 1. The van der Waals surface area contributed by atoms with Crippen molar-refractivity contribution in [1.29, 1.82) is 0 Å². The van der Waals surface area contributed by atoms with Crippen molar-refractivity contribution in [3.05, 3.63) is 38.0 Å². The van der Waals surface area contributed by atoms with Crippen LogP contribution in [0.1, 0.15) is 33.9 Å². The van der Waals surface area contributed by atoms with E-state index in [1.54, 1.807) is 13.8 Å². The smallest absolute Gasteiger partial charge is 0.354 e. The fourth-order valence-corrected chi connectivity index (χ4v) is 3.13. The van der Waals surface area contributed by atoms with Gasteiger partial charge in [-0.3, -0.25) is 4.79 Å². The van der Waals surface area contributed by atoms with Crippen molar-refractivity contribution < 1.29 is 9.90 Å². The molecule has 6 nitrogen and oxygen atoms in total. The first-order valence-electron chi connectivity index (χ1n) is 6.56. The molecule has 112 valence electrons. The maximum Gasteiger partial charge on any atom is 0.354 e. The molecule has 0 aliphatic heterocycles. The van der Waals surface area contributed by atoms with Crippen LogP contribution in [0.3, 0.4) is 0 Å². The fraction of sp³-hybridized carbons (Fsp3) is 0.429. The summed E-state index contributed by atoms with van der Waals surface area (Å²) < 4.78 is 1.47. The highest BCUT2D eigenvalue weighted by atomic mass is 32.1. The summed E-state index contributed by atoms with van der Waals surface area (Å²) in [6, 6.07) is 0. The summed E-state index contributed by atoms with van der Waals surface area (Å²) in [6.45, 7) is 7.38. The second-order valence-corrected chi connectivity index (χ2v) is 6.09. The molecule has 0 fully saturated rings. The molecule has 0 bridgehead atoms. The summed E-state index contributed by atoms with van der Waals surface area (Å²) in [5, 5.41) is 9.42. The zero-order valence-corrected chi connectivity index (χ0v) is 13.2. The molecule has 2 aromatic heterocycles. The van der Waals surface area contributed by atoms with Crippen LogP contribution in [0.2, 0.25) is 0 Å². The quantitative estimate of drug-likeness (QED) is 0.933. The van der Waals surface area contributed by atoms with Crippen LogP contribution in [-0.2, 0) is 11.2 Å². The molecule has 2 rings (SSSR count). The van der Waals surface area contributed by atoms with Crippen LogP contribution in [0.25, 0.3) is 5.13 Å². The number of thiazole rings is 1. The van der Waals surface area contributed by atoms with Crippen molar-refractivity contribution in [1.82, 2.24) is 14.5 Å². The molecule has 0 aromatic carbocycles. The van der Waals surface area contributed by atoms with Crippen molar-refractivity contribution in [2.75, 3.05) is 0 Å². The maximum absolute atomic E-state index is 12.2. The number of aryl methyl sites for hydroxylation is 3. The van der Waals surface area contributed by atoms with E-state index >= 15 is 0 Å². The van der Waals surface area contributed by atoms with Crippen molar-refractivity contribution in [3.8, 4) is 5.13 Å². The van der Waals surface area contributed by atoms with Crippen molar-refractivity contribution in [2.24, 2.45) is 0 Å². The van der Waals surface area contributed by atoms with Gasteiger partial charge in [0, 0.05) is 22.7 Å². The molecule has 1 N–H and O–H groups in total. The number of nitrogens with zero attached hydrogens (tertiary/aromatic N) is 3. The van der Waals surface area contributed by atoms with Gasteiger partial charge in [-0.15, -0.1) is 11.3 Å². The molecule has 0 unspecified atom stereocenters. The number of carboxylic acid groups (broad SMARTS) is 1. The van der Waals surface area contributed by atoms with E-state index in [1.807, 2.05) is 13.8 Å². The largest absolute Gasteiger partial charge is 0.481 e. The van der Waals surface area contributed by atoms with Gasteiger partial charge in [0.25, 0.3) is 0 Å². The molecular formula is C14H17N3O3S. The number of aliphatic carboxylic acids is 1. The van der Waals surface area contributed by atoms with Crippen molar-refractivity contribution in [3.63, 3.8) is 0 Å². The van der Waals surface area contributed by atoms with E-state index in [-0.39, 0.29) is 12.1 Å². The number of aromatic nitrogens is 3. The van der Waals surface area contributed by atoms with Gasteiger partial charge in [-0.05, 0) is 39.7 Å². The van der Waals surface area contributed by atoms with Crippen LogP contribution in [0.4, 0.5) is 0 Å². The molecule has 0 aliphatic rings. The van der Waals surface area contributed by atoms with E-state index in [4.69, 9.17) is 5.11 Å². The minimum absolute atomic E-state index is 0.0114. The molecule has 0 amide bonds. The van der Waals surface area contributed by atoms with Gasteiger partial charge in [0.1, 0.15) is 0 Å². The van der Waals surface area contributed by atoms with Crippen molar-refractivity contribution >= 4 is 17.3 Å². The molecule has 2 heterocycles. The lowest BCUT2D eigenvalue weighted by molar-refractivity contribution is -0.136. The van der Waals surface area contributed by atoms with Gasteiger partial charge in [0.2, 0.25) is 0 Å². The first kappa shape index (κ1) is 15.4. The van der Waals surface area contributed by atoms with Crippen LogP contribution < -0.4 is 5.69 Å². The highest BCUT2D eigenvalue weighted by Crippen LogP contribution is 2.22. The van der Waals surface area contributed by atoms with Crippen LogP contribution >= 0.6 is 11.3 Å². The van der Waals surface area contributed by atoms with E-state index in [2.05, 4.69) is 9.97 Å². The fourth-order valence-electron chi connectivity index (χ4n) is 2.17. The molecule has 7 heteroatoms. The molecule has 0 radical (unpaired) electrons. The SMILES string of the molecule is Cc1nc(-n2c(C)c(CCC(=O)O)c(C)nc2=O)sc1C. The average molecular weight is 307 g/mol. The highest BCUT2D eigenvalue weighted by molar-refractivity contribution is 7.14. The van der Waals surface area contributed by atoms with Gasteiger partial charge in [-0.1, -0.05) is 0 Å². The van der Waals surface area contributed by atoms with E-state index < -0.39 is 5.97 Å². The molecule has 21 heavy (non-hydrogen) atoms. The second kappa shape index (κ2) is 5.77. The third kappa shape index (κ3) is 3.02. The normalized spacial score (nSPS) is 10.9.